The van der Waals surface area contributed by atoms with Gasteiger partial charge in [0.15, 0.2) is 0 Å². The monoisotopic (exact) mass is 544 g/mol. The lowest BCUT2D eigenvalue weighted by Gasteiger charge is -2.39. The zero-order valence-corrected chi connectivity index (χ0v) is 18.1. The maximum Gasteiger partial charge on any atom is 0.416 e. The molecule has 0 unspecified atom stereocenters. The third kappa shape index (κ3) is 6.02. The Kier molecular flexibility index (Phi) is 7.05. The number of hydrogen-bond donors (Lipinski definition) is 0. The van der Waals surface area contributed by atoms with Crippen LogP contribution < -0.4 is 0 Å². The Bertz CT molecular complexity index is 1100. The molecule has 200 valence electrons. The van der Waals surface area contributed by atoms with Crippen LogP contribution in [0.2, 0.25) is 0 Å². The van der Waals surface area contributed by atoms with Crippen LogP contribution in [-0.2, 0) is 34.8 Å². The van der Waals surface area contributed by atoms with Crippen molar-refractivity contribution in [3.63, 3.8) is 0 Å². The van der Waals surface area contributed by atoms with Gasteiger partial charge < -0.3 is 0 Å². The average Bonchev–Trinajstić information content (AvgIpc) is 2.71. The first-order valence-corrected chi connectivity index (χ1v) is 10.1. The van der Waals surface area contributed by atoms with E-state index in [9.17, 15) is 58.3 Å². The Balaban J connectivity index is 1.84. The first-order chi connectivity index (χ1) is 16.8. The molecule has 0 spiro atoms. The topological polar surface area (TPSA) is 57.7 Å². The first-order valence-electron chi connectivity index (χ1n) is 10.1. The summed E-state index contributed by atoms with van der Waals surface area (Å²) in [5.74, 6) is -3.65. The Morgan fingerprint density at radius 2 is 0.838 bits per heavy atom. The molecule has 0 bridgehead atoms. The highest BCUT2D eigenvalue weighted by Gasteiger charge is 2.57. The van der Waals surface area contributed by atoms with Crippen LogP contribution in [0.1, 0.15) is 28.7 Å². The van der Waals surface area contributed by atoms with E-state index in [1.165, 1.54) is 0 Å². The molecule has 37 heavy (non-hydrogen) atoms. The van der Waals surface area contributed by atoms with E-state index in [4.69, 9.17) is 0 Å². The summed E-state index contributed by atoms with van der Waals surface area (Å²) in [5, 5.41) is 0. The second-order valence-electron chi connectivity index (χ2n) is 7.99. The fraction of sp³-hybridized carbons (Fsp3) is 0.318. The second-order valence-corrected chi connectivity index (χ2v) is 7.99. The number of urea groups is 1. The van der Waals surface area contributed by atoms with Crippen LogP contribution in [0.5, 0.6) is 0 Å². The number of imide groups is 2. The van der Waals surface area contributed by atoms with Crippen LogP contribution in [-0.4, -0.2) is 39.7 Å². The smallest absolute Gasteiger partial charge is 0.274 e. The molecule has 2 aromatic carbocycles. The number of amides is 4. The van der Waals surface area contributed by atoms with E-state index >= 15 is 0 Å². The predicted octanol–water partition coefficient (Wildman–Crippen LogP) is 5.88. The number of rotatable bonds is 6. The normalized spacial score (nSPS) is 16.0. The lowest BCUT2D eigenvalue weighted by molar-refractivity contribution is -0.189. The number of alkyl halides is 10. The van der Waals surface area contributed by atoms with Crippen LogP contribution in [0.4, 0.5) is 48.7 Å². The SMILES string of the molecule is O=C1CC(=O)N(C(F)(F)Cc2ccc(C(F)(F)F)cc2)C(=O)N1C(F)(F)Cc1ccc(C(F)(F)F)cc1. The number of barbiturate groups is 1. The maximum atomic E-state index is 14.9. The number of halogens is 10. The van der Waals surface area contributed by atoms with Crippen molar-refractivity contribution in [2.24, 2.45) is 0 Å². The van der Waals surface area contributed by atoms with Crippen LogP contribution in [0.25, 0.3) is 0 Å². The van der Waals surface area contributed by atoms with Gasteiger partial charge in [-0.25, -0.2) is 14.6 Å². The summed E-state index contributed by atoms with van der Waals surface area (Å²) in [6.45, 7) is 0. The fourth-order valence-electron chi connectivity index (χ4n) is 3.52. The highest BCUT2D eigenvalue weighted by atomic mass is 19.4. The van der Waals surface area contributed by atoms with E-state index in [0.29, 0.717) is 48.5 Å². The van der Waals surface area contributed by atoms with Crippen molar-refractivity contribution in [3.05, 3.63) is 70.8 Å². The Hall–Kier alpha value is -3.65. The Morgan fingerprint density at radius 3 is 1.11 bits per heavy atom. The minimum Gasteiger partial charge on any atom is -0.274 e. The third-order valence-corrected chi connectivity index (χ3v) is 5.23. The molecule has 1 fully saturated rings. The van der Waals surface area contributed by atoms with Crippen LogP contribution in [0.3, 0.4) is 0 Å². The van der Waals surface area contributed by atoms with Gasteiger partial charge in [-0.3, -0.25) is 9.59 Å². The van der Waals surface area contributed by atoms with Gasteiger partial charge in [0.1, 0.15) is 6.42 Å². The molecule has 4 amide bonds. The van der Waals surface area contributed by atoms with Crippen molar-refractivity contribution in [1.29, 1.82) is 0 Å². The van der Waals surface area contributed by atoms with Gasteiger partial charge in [-0.1, -0.05) is 24.3 Å². The standard InChI is InChI=1S/C22H14F10N2O3/c23-19(24,10-12-1-5-14(6-2-12)21(27,28)29)33-16(35)9-17(36)34(18(33)37)20(25,26)11-13-3-7-15(8-4-13)22(30,31)32/h1-8H,9-11H2. The van der Waals surface area contributed by atoms with Crippen molar-refractivity contribution >= 4 is 17.8 Å². The minimum absolute atomic E-state index is 0.458. The lowest BCUT2D eigenvalue weighted by atomic mass is 10.1. The quantitative estimate of drug-likeness (QED) is 0.260. The molecule has 0 N–H and O–H groups in total. The molecule has 3 rings (SSSR count). The van der Waals surface area contributed by atoms with Gasteiger partial charge in [-0.05, 0) is 35.4 Å². The van der Waals surface area contributed by atoms with Gasteiger partial charge in [0.25, 0.3) is 0 Å². The maximum absolute atomic E-state index is 14.9. The molecule has 0 radical (unpaired) electrons. The Morgan fingerprint density at radius 1 is 0.541 bits per heavy atom. The lowest BCUT2D eigenvalue weighted by Crippen LogP contribution is -2.65. The van der Waals surface area contributed by atoms with Gasteiger partial charge in [0.05, 0.1) is 24.0 Å². The molecule has 0 aliphatic carbocycles. The zero-order chi connectivity index (χ0) is 28.0. The molecule has 15 heteroatoms. The van der Waals surface area contributed by atoms with Crippen molar-refractivity contribution in [2.45, 2.75) is 43.7 Å². The average molecular weight is 544 g/mol. The van der Waals surface area contributed by atoms with Crippen molar-refractivity contribution in [3.8, 4) is 0 Å². The molecule has 1 saturated heterocycles. The summed E-state index contributed by atoms with van der Waals surface area (Å²) < 4.78 is 135. The molecular weight excluding hydrogens is 530 g/mol. The molecule has 5 nitrogen and oxygen atoms in total. The predicted molar refractivity (Wildman–Crippen MR) is 104 cm³/mol. The van der Waals surface area contributed by atoms with E-state index in [-0.39, 0.29) is 0 Å². The van der Waals surface area contributed by atoms with Crippen LogP contribution in [0.15, 0.2) is 48.5 Å². The molecular formula is C22H14F10N2O3. The summed E-state index contributed by atoms with van der Waals surface area (Å²) in [6.07, 6.45) is -14.2. The zero-order valence-electron chi connectivity index (χ0n) is 18.1. The Labute approximate surface area is 201 Å². The van der Waals surface area contributed by atoms with Gasteiger partial charge >= 0.3 is 30.5 Å². The minimum atomic E-state index is -4.78. The summed E-state index contributed by atoms with van der Waals surface area (Å²) >= 11 is 0. The molecule has 0 saturated carbocycles. The molecule has 1 aliphatic rings. The highest BCUT2D eigenvalue weighted by Crippen LogP contribution is 2.36. The van der Waals surface area contributed by atoms with Crippen molar-refractivity contribution in [1.82, 2.24) is 9.80 Å². The first kappa shape index (κ1) is 27.9. The number of hydrogen-bond acceptors (Lipinski definition) is 3. The number of carbonyl (C=O) groups excluding carboxylic acids is 3. The number of benzene rings is 2. The van der Waals surface area contributed by atoms with Crippen molar-refractivity contribution < 1.29 is 58.3 Å². The van der Waals surface area contributed by atoms with Gasteiger partial charge in [-0.2, -0.15) is 43.9 Å². The van der Waals surface area contributed by atoms with Crippen LogP contribution in [0, 0.1) is 0 Å². The molecule has 2 aromatic rings. The van der Waals surface area contributed by atoms with E-state index in [2.05, 4.69) is 0 Å². The van der Waals surface area contributed by atoms with E-state index in [1.54, 1.807) is 0 Å². The van der Waals surface area contributed by atoms with Crippen molar-refractivity contribution in [2.75, 3.05) is 0 Å². The summed E-state index contributed by atoms with van der Waals surface area (Å²) in [5.41, 5.74) is -3.33. The summed E-state index contributed by atoms with van der Waals surface area (Å²) in [4.78, 5) is 34.9. The number of carbonyl (C=O) groups is 3. The molecule has 1 aliphatic heterocycles. The summed E-state index contributed by atoms with van der Waals surface area (Å²) in [7, 11) is 0. The van der Waals surface area contributed by atoms with E-state index in [1.807, 2.05) is 0 Å². The van der Waals surface area contributed by atoms with Gasteiger partial charge in [0, 0.05) is 0 Å². The fourth-order valence-corrected chi connectivity index (χ4v) is 3.52. The molecule has 0 atom stereocenters. The van der Waals surface area contributed by atoms with Crippen LogP contribution >= 0.6 is 0 Å². The van der Waals surface area contributed by atoms with Gasteiger partial charge in [-0.15, -0.1) is 0 Å². The highest BCUT2D eigenvalue weighted by molar-refractivity contribution is 6.14. The molecule has 0 aromatic heterocycles. The van der Waals surface area contributed by atoms with E-state index in [0.717, 1.165) is 0 Å². The second kappa shape index (κ2) is 9.34. The third-order valence-electron chi connectivity index (χ3n) is 5.23. The largest absolute Gasteiger partial charge is 0.416 e. The summed E-state index contributed by atoms with van der Waals surface area (Å²) in [6, 6.07) is -7.08. The molecule has 1 heterocycles. The number of nitrogens with zero attached hydrogens (tertiary/aromatic N) is 2. The van der Waals surface area contributed by atoms with Gasteiger partial charge in [0.2, 0.25) is 11.8 Å². The van der Waals surface area contributed by atoms with E-state index < -0.39 is 93.6 Å².